The Morgan fingerprint density at radius 3 is 2.30 bits per heavy atom. The van der Waals surface area contributed by atoms with Gasteiger partial charge in [-0.2, -0.15) is 0 Å². The van der Waals surface area contributed by atoms with Gasteiger partial charge >= 0.3 is 0 Å². The average molecular weight is 139 g/mol. The molecule has 1 nitrogen and oxygen atoms in total. The van der Waals surface area contributed by atoms with Crippen LogP contribution in [0.1, 0.15) is 34.1 Å². The van der Waals surface area contributed by atoms with E-state index in [9.17, 15) is 0 Å². The predicted octanol–water partition coefficient (Wildman–Crippen LogP) is 1.79. The highest BCUT2D eigenvalue weighted by Crippen LogP contribution is 1.97. The molecule has 0 aromatic heterocycles. The second-order valence-electron chi connectivity index (χ2n) is 3.35. The summed E-state index contributed by atoms with van der Waals surface area (Å²) in [4.78, 5) is 0. The summed E-state index contributed by atoms with van der Waals surface area (Å²) in [5, 5.41) is 3.35. The number of nitrogens with one attached hydrogen (secondary N) is 1. The van der Waals surface area contributed by atoms with E-state index in [1.54, 1.807) is 0 Å². The van der Waals surface area contributed by atoms with Crippen molar-refractivity contribution in [3.63, 3.8) is 0 Å². The van der Waals surface area contributed by atoms with Crippen LogP contribution in [0.2, 0.25) is 0 Å². The largest absolute Gasteiger partial charge is 0.311 e. The molecule has 1 heteroatoms. The second-order valence-corrected chi connectivity index (χ2v) is 3.35. The molecule has 0 unspecified atom stereocenters. The van der Waals surface area contributed by atoms with Crippen LogP contribution in [0.25, 0.3) is 0 Å². The molecule has 0 spiro atoms. The highest BCUT2D eigenvalue weighted by atomic mass is 14.9. The topological polar surface area (TPSA) is 12.0 Å². The van der Waals surface area contributed by atoms with E-state index in [0.29, 0.717) is 0 Å². The fourth-order valence-electron chi connectivity index (χ4n) is 0.625. The van der Waals surface area contributed by atoms with Gasteiger partial charge in [-0.15, -0.1) is 11.8 Å². The van der Waals surface area contributed by atoms with Crippen LogP contribution >= 0.6 is 0 Å². The van der Waals surface area contributed by atoms with Crippen molar-refractivity contribution < 1.29 is 0 Å². The van der Waals surface area contributed by atoms with Gasteiger partial charge in [-0.3, -0.25) is 0 Å². The lowest BCUT2D eigenvalue weighted by atomic mass is 10.1. The Hall–Kier alpha value is -0.480. The number of hydrogen-bond donors (Lipinski definition) is 1. The van der Waals surface area contributed by atoms with E-state index in [-0.39, 0.29) is 5.54 Å². The Bertz CT molecular complexity index is 131. The monoisotopic (exact) mass is 139 g/mol. The average Bonchev–Trinajstić information content (AvgIpc) is 1.78. The second kappa shape index (κ2) is 4.35. The van der Waals surface area contributed by atoms with Crippen molar-refractivity contribution in [1.82, 2.24) is 5.32 Å². The number of rotatable bonds is 2. The fourth-order valence-corrected chi connectivity index (χ4v) is 0.625. The molecule has 0 aliphatic heterocycles. The van der Waals surface area contributed by atoms with Crippen LogP contribution in [0.4, 0.5) is 0 Å². The first kappa shape index (κ1) is 9.52. The summed E-state index contributed by atoms with van der Waals surface area (Å²) in [6.45, 7) is 9.34. The van der Waals surface area contributed by atoms with Crippen molar-refractivity contribution in [3.8, 4) is 11.8 Å². The molecule has 0 saturated carbocycles. The van der Waals surface area contributed by atoms with E-state index in [0.717, 1.165) is 13.0 Å². The number of hydrogen-bond acceptors (Lipinski definition) is 1. The Kier molecular flexibility index (Phi) is 4.14. The Morgan fingerprint density at radius 1 is 1.30 bits per heavy atom. The zero-order valence-corrected chi connectivity index (χ0v) is 7.41. The Morgan fingerprint density at radius 2 is 1.90 bits per heavy atom. The minimum absolute atomic E-state index is 0.232. The zero-order chi connectivity index (χ0) is 8.04. The zero-order valence-electron chi connectivity index (χ0n) is 7.41. The van der Waals surface area contributed by atoms with E-state index in [2.05, 4.69) is 37.9 Å². The molecule has 0 heterocycles. The maximum Gasteiger partial charge on any atom is 0.0214 e. The quantitative estimate of drug-likeness (QED) is 0.454. The summed E-state index contributed by atoms with van der Waals surface area (Å²) in [5.41, 5.74) is 0.232. The van der Waals surface area contributed by atoms with Crippen LogP contribution < -0.4 is 5.32 Å². The molecule has 0 aliphatic rings. The van der Waals surface area contributed by atoms with E-state index in [1.165, 1.54) is 0 Å². The van der Waals surface area contributed by atoms with Crippen LogP contribution in [-0.4, -0.2) is 12.1 Å². The molecule has 10 heavy (non-hydrogen) atoms. The van der Waals surface area contributed by atoms with Gasteiger partial charge in [0.1, 0.15) is 0 Å². The van der Waals surface area contributed by atoms with Gasteiger partial charge in [0.25, 0.3) is 0 Å². The van der Waals surface area contributed by atoms with Crippen LogP contribution in [0.15, 0.2) is 0 Å². The van der Waals surface area contributed by atoms with Crippen LogP contribution in [0.3, 0.4) is 0 Å². The first-order chi connectivity index (χ1) is 4.56. The molecule has 0 fully saturated rings. The van der Waals surface area contributed by atoms with E-state index in [1.807, 2.05) is 6.92 Å². The molecule has 0 aromatic rings. The third kappa shape index (κ3) is 7.52. The molecular formula is C9H17N. The highest BCUT2D eigenvalue weighted by Gasteiger charge is 2.05. The predicted molar refractivity (Wildman–Crippen MR) is 45.8 cm³/mol. The molecule has 0 aromatic carbocycles. The summed E-state index contributed by atoms with van der Waals surface area (Å²) < 4.78 is 0. The molecule has 0 radical (unpaired) electrons. The van der Waals surface area contributed by atoms with Gasteiger partial charge in [-0.25, -0.2) is 0 Å². The van der Waals surface area contributed by atoms with Crippen molar-refractivity contribution in [2.45, 2.75) is 39.7 Å². The first-order valence-electron chi connectivity index (χ1n) is 3.71. The molecule has 0 atom stereocenters. The van der Waals surface area contributed by atoms with Gasteiger partial charge in [0.2, 0.25) is 0 Å². The van der Waals surface area contributed by atoms with Gasteiger partial charge in [-0.1, -0.05) is 0 Å². The van der Waals surface area contributed by atoms with Crippen LogP contribution in [0.5, 0.6) is 0 Å². The van der Waals surface area contributed by atoms with E-state index < -0.39 is 0 Å². The van der Waals surface area contributed by atoms with Crippen molar-refractivity contribution in [2.24, 2.45) is 0 Å². The lowest BCUT2D eigenvalue weighted by Crippen LogP contribution is -2.36. The molecule has 1 N–H and O–H groups in total. The smallest absolute Gasteiger partial charge is 0.0214 e. The standard InChI is InChI=1S/C9H17N/c1-5-6-7-8-10-9(2,3)4/h10H,7-8H2,1-4H3. The van der Waals surface area contributed by atoms with E-state index in [4.69, 9.17) is 0 Å². The molecular weight excluding hydrogens is 122 g/mol. The molecule has 0 saturated heterocycles. The fraction of sp³-hybridized carbons (Fsp3) is 0.778. The maximum atomic E-state index is 3.35. The minimum atomic E-state index is 0.232. The summed E-state index contributed by atoms with van der Waals surface area (Å²) in [5.74, 6) is 5.87. The normalized spacial score (nSPS) is 10.4. The summed E-state index contributed by atoms with van der Waals surface area (Å²) in [6.07, 6.45) is 0.952. The van der Waals surface area contributed by atoms with Crippen LogP contribution in [0, 0.1) is 11.8 Å². The van der Waals surface area contributed by atoms with Crippen molar-refractivity contribution in [2.75, 3.05) is 6.54 Å². The summed E-state index contributed by atoms with van der Waals surface area (Å²) in [6, 6.07) is 0. The Labute approximate surface area is 64.2 Å². The maximum absolute atomic E-state index is 3.35. The summed E-state index contributed by atoms with van der Waals surface area (Å²) in [7, 11) is 0. The SMILES string of the molecule is CC#CCCNC(C)(C)C. The first-order valence-corrected chi connectivity index (χ1v) is 3.71. The van der Waals surface area contributed by atoms with Gasteiger partial charge < -0.3 is 5.32 Å². The lowest BCUT2D eigenvalue weighted by Gasteiger charge is -2.19. The van der Waals surface area contributed by atoms with Gasteiger partial charge in [-0.05, 0) is 27.7 Å². The third-order valence-corrected chi connectivity index (χ3v) is 1.08. The third-order valence-electron chi connectivity index (χ3n) is 1.08. The van der Waals surface area contributed by atoms with Gasteiger partial charge in [0.05, 0.1) is 0 Å². The van der Waals surface area contributed by atoms with Crippen molar-refractivity contribution in [3.05, 3.63) is 0 Å². The molecule has 0 amide bonds. The molecule has 0 rings (SSSR count). The van der Waals surface area contributed by atoms with Crippen molar-refractivity contribution in [1.29, 1.82) is 0 Å². The van der Waals surface area contributed by atoms with Gasteiger partial charge in [0, 0.05) is 18.5 Å². The Balaban J connectivity index is 3.26. The minimum Gasteiger partial charge on any atom is -0.311 e. The van der Waals surface area contributed by atoms with Gasteiger partial charge in [0.15, 0.2) is 0 Å². The molecule has 0 aliphatic carbocycles. The van der Waals surface area contributed by atoms with Crippen molar-refractivity contribution >= 4 is 0 Å². The highest BCUT2D eigenvalue weighted by molar-refractivity contribution is 4.95. The van der Waals surface area contributed by atoms with Crippen LogP contribution in [-0.2, 0) is 0 Å². The van der Waals surface area contributed by atoms with E-state index >= 15 is 0 Å². The summed E-state index contributed by atoms with van der Waals surface area (Å²) >= 11 is 0. The molecule has 58 valence electrons. The molecule has 0 bridgehead atoms. The lowest BCUT2D eigenvalue weighted by molar-refractivity contribution is 0.432.